The molecule has 0 aromatic carbocycles. The molecule has 0 aromatic heterocycles. The summed E-state index contributed by atoms with van der Waals surface area (Å²) in [6.45, 7) is 4.74. The Bertz CT molecular complexity index is 220. The Morgan fingerprint density at radius 1 is 1.23 bits per heavy atom. The second-order valence-electron chi connectivity index (χ2n) is 2.66. The Labute approximate surface area is 77.3 Å². The van der Waals surface area contributed by atoms with Crippen LogP contribution in [0, 0.1) is 5.92 Å². The molecule has 0 aliphatic heterocycles. The van der Waals surface area contributed by atoms with E-state index in [2.05, 4.69) is 4.74 Å². The molecule has 0 bridgehead atoms. The summed E-state index contributed by atoms with van der Waals surface area (Å²) in [6.07, 6.45) is 0.340. The summed E-state index contributed by atoms with van der Waals surface area (Å²) >= 11 is 0. The van der Waals surface area contributed by atoms with Gasteiger partial charge in [-0.2, -0.15) is 0 Å². The molecule has 0 rings (SSSR count). The van der Waals surface area contributed by atoms with Crippen LogP contribution >= 0.6 is 0 Å². The molecule has 0 aliphatic rings. The Morgan fingerprint density at radius 3 is 2.08 bits per heavy atom. The summed E-state index contributed by atoms with van der Waals surface area (Å²) in [5.41, 5.74) is 0. The third-order valence-electron chi connectivity index (χ3n) is 1.69. The highest BCUT2D eigenvalue weighted by Crippen LogP contribution is 2.06. The number of hydrogen-bond acceptors (Lipinski definition) is 4. The van der Waals surface area contributed by atoms with Crippen molar-refractivity contribution in [3.05, 3.63) is 0 Å². The average molecular weight is 186 g/mol. The predicted octanol–water partition coefficient (Wildman–Crippen LogP) is 0.734. The largest absolute Gasteiger partial charge is 0.460 e. The number of esters is 1. The number of carbonyl (C=O) groups excluding carboxylic acids is 3. The Kier molecular flexibility index (Phi) is 4.96. The lowest BCUT2D eigenvalue weighted by Gasteiger charge is -2.07. The normalized spacial score (nSPS) is 11.9. The van der Waals surface area contributed by atoms with E-state index in [1.165, 1.54) is 6.92 Å². The molecule has 0 N–H and O–H groups in total. The van der Waals surface area contributed by atoms with Gasteiger partial charge in [-0.05, 0) is 20.3 Å². The van der Waals surface area contributed by atoms with E-state index in [1.807, 2.05) is 0 Å². The maximum atomic E-state index is 11.2. The summed E-state index contributed by atoms with van der Waals surface area (Å²) < 4.78 is 4.50. The van der Waals surface area contributed by atoms with Crippen molar-refractivity contribution in [3.8, 4) is 0 Å². The molecule has 74 valence electrons. The quantitative estimate of drug-likeness (QED) is 0.361. The van der Waals surface area contributed by atoms with Crippen LogP contribution in [0.15, 0.2) is 0 Å². The monoisotopic (exact) mass is 186 g/mol. The molecular formula is C9H14O4. The van der Waals surface area contributed by atoms with Gasteiger partial charge in [-0.1, -0.05) is 6.92 Å². The van der Waals surface area contributed by atoms with Crippen LogP contribution in [0.3, 0.4) is 0 Å². The van der Waals surface area contributed by atoms with E-state index in [0.29, 0.717) is 6.42 Å². The van der Waals surface area contributed by atoms with Gasteiger partial charge in [0.15, 0.2) is 0 Å². The zero-order valence-electron chi connectivity index (χ0n) is 8.12. The summed E-state index contributed by atoms with van der Waals surface area (Å²) in [4.78, 5) is 33.0. The van der Waals surface area contributed by atoms with Crippen LogP contribution in [0.5, 0.6) is 0 Å². The number of ether oxygens (including phenoxy) is 1. The zero-order chi connectivity index (χ0) is 10.4. The Morgan fingerprint density at radius 2 is 1.77 bits per heavy atom. The molecule has 4 nitrogen and oxygen atoms in total. The van der Waals surface area contributed by atoms with Crippen molar-refractivity contribution in [1.82, 2.24) is 0 Å². The van der Waals surface area contributed by atoms with E-state index in [4.69, 9.17) is 0 Å². The predicted molar refractivity (Wildman–Crippen MR) is 46.1 cm³/mol. The van der Waals surface area contributed by atoms with E-state index < -0.39 is 17.7 Å². The lowest BCUT2D eigenvalue weighted by molar-refractivity contribution is -0.156. The molecule has 0 aromatic rings. The molecular weight excluding hydrogens is 172 g/mol. The van der Waals surface area contributed by atoms with E-state index in [9.17, 15) is 14.4 Å². The summed E-state index contributed by atoms with van der Waals surface area (Å²) in [7, 11) is 0. The highest BCUT2D eigenvalue weighted by molar-refractivity contribution is 6.38. The van der Waals surface area contributed by atoms with Gasteiger partial charge in [-0.15, -0.1) is 0 Å². The summed E-state index contributed by atoms with van der Waals surface area (Å²) in [5.74, 6) is -2.78. The molecule has 0 heterocycles. The fourth-order valence-corrected chi connectivity index (χ4v) is 1.00. The van der Waals surface area contributed by atoms with Crippen molar-refractivity contribution >= 4 is 17.5 Å². The summed E-state index contributed by atoms with van der Waals surface area (Å²) in [6, 6.07) is 0. The van der Waals surface area contributed by atoms with Crippen LogP contribution in [0.25, 0.3) is 0 Å². The number of hydrogen-bond donors (Lipinski definition) is 0. The van der Waals surface area contributed by atoms with Gasteiger partial charge in [0.1, 0.15) is 5.78 Å². The summed E-state index contributed by atoms with van der Waals surface area (Å²) in [5, 5.41) is 0. The van der Waals surface area contributed by atoms with Crippen molar-refractivity contribution in [2.45, 2.75) is 27.2 Å². The minimum Gasteiger partial charge on any atom is -0.460 e. The molecule has 0 spiro atoms. The highest BCUT2D eigenvalue weighted by atomic mass is 16.5. The van der Waals surface area contributed by atoms with Crippen molar-refractivity contribution in [2.24, 2.45) is 5.92 Å². The molecule has 0 aliphatic carbocycles. The maximum absolute atomic E-state index is 11.2. The fraction of sp³-hybridized carbons (Fsp3) is 0.667. The number of ketones is 2. The van der Waals surface area contributed by atoms with Crippen LogP contribution in [-0.2, 0) is 19.1 Å². The van der Waals surface area contributed by atoms with Gasteiger partial charge in [-0.25, -0.2) is 4.79 Å². The Hall–Kier alpha value is -1.19. The van der Waals surface area contributed by atoms with E-state index in [-0.39, 0.29) is 12.4 Å². The zero-order valence-corrected chi connectivity index (χ0v) is 8.12. The second kappa shape index (κ2) is 5.45. The van der Waals surface area contributed by atoms with Crippen LogP contribution in [0.2, 0.25) is 0 Å². The SMILES string of the molecule is CCOC(=O)C(=O)C(CC)C(C)=O. The van der Waals surface area contributed by atoms with E-state index >= 15 is 0 Å². The maximum Gasteiger partial charge on any atom is 0.375 e. The molecule has 13 heavy (non-hydrogen) atoms. The Balaban J connectivity index is 4.37. The first-order valence-electron chi connectivity index (χ1n) is 4.25. The fourth-order valence-electron chi connectivity index (χ4n) is 1.00. The lowest BCUT2D eigenvalue weighted by Crippen LogP contribution is -2.29. The van der Waals surface area contributed by atoms with E-state index in [1.54, 1.807) is 13.8 Å². The third-order valence-corrected chi connectivity index (χ3v) is 1.69. The molecule has 1 atom stereocenters. The topological polar surface area (TPSA) is 60.4 Å². The van der Waals surface area contributed by atoms with Crippen LogP contribution in [0.1, 0.15) is 27.2 Å². The van der Waals surface area contributed by atoms with Crippen LogP contribution < -0.4 is 0 Å². The smallest absolute Gasteiger partial charge is 0.375 e. The van der Waals surface area contributed by atoms with Crippen LogP contribution in [-0.4, -0.2) is 24.1 Å². The number of carbonyl (C=O) groups is 3. The first-order valence-corrected chi connectivity index (χ1v) is 4.25. The molecule has 0 saturated heterocycles. The van der Waals surface area contributed by atoms with Crippen LogP contribution in [0.4, 0.5) is 0 Å². The lowest BCUT2D eigenvalue weighted by atomic mass is 9.97. The van der Waals surface area contributed by atoms with E-state index in [0.717, 1.165) is 0 Å². The molecule has 0 saturated carbocycles. The standard InChI is InChI=1S/C9H14O4/c1-4-7(6(3)10)8(11)9(12)13-5-2/h7H,4-5H2,1-3H3. The van der Waals surface area contributed by atoms with Crippen molar-refractivity contribution in [3.63, 3.8) is 0 Å². The number of Topliss-reactive ketones (excluding diaryl/α,β-unsaturated/α-hetero) is 2. The van der Waals surface area contributed by atoms with Gasteiger partial charge >= 0.3 is 5.97 Å². The van der Waals surface area contributed by atoms with Crippen molar-refractivity contribution < 1.29 is 19.1 Å². The molecule has 0 fully saturated rings. The van der Waals surface area contributed by atoms with Gasteiger partial charge in [-0.3, -0.25) is 9.59 Å². The molecule has 0 amide bonds. The van der Waals surface area contributed by atoms with Gasteiger partial charge in [0.25, 0.3) is 0 Å². The van der Waals surface area contributed by atoms with Gasteiger partial charge in [0, 0.05) is 0 Å². The second-order valence-corrected chi connectivity index (χ2v) is 2.66. The minimum absolute atomic E-state index is 0.152. The van der Waals surface area contributed by atoms with Gasteiger partial charge in [0.05, 0.1) is 12.5 Å². The molecule has 0 radical (unpaired) electrons. The average Bonchev–Trinajstić information content (AvgIpc) is 2.05. The molecule has 4 heteroatoms. The van der Waals surface area contributed by atoms with Crippen molar-refractivity contribution in [2.75, 3.05) is 6.61 Å². The minimum atomic E-state index is -0.912. The third kappa shape index (κ3) is 3.36. The van der Waals surface area contributed by atoms with Gasteiger partial charge < -0.3 is 4.74 Å². The van der Waals surface area contributed by atoms with Gasteiger partial charge in [0.2, 0.25) is 5.78 Å². The first kappa shape index (κ1) is 11.8. The molecule has 1 unspecified atom stereocenters. The highest BCUT2D eigenvalue weighted by Gasteiger charge is 2.28. The number of rotatable bonds is 5. The first-order chi connectivity index (χ1) is 6.04. The van der Waals surface area contributed by atoms with Crippen molar-refractivity contribution in [1.29, 1.82) is 0 Å².